The Labute approximate surface area is 170 Å². The van der Waals surface area contributed by atoms with Gasteiger partial charge in [-0.05, 0) is 49.9 Å². The van der Waals surface area contributed by atoms with E-state index in [0.29, 0.717) is 12.2 Å². The zero-order chi connectivity index (χ0) is 20.2. The Morgan fingerprint density at radius 1 is 1.14 bits per heavy atom. The van der Waals surface area contributed by atoms with Crippen molar-refractivity contribution in [1.29, 1.82) is 0 Å². The summed E-state index contributed by atoms with van der Waals surface area (Å²) in [5.41, 5.74) is 5.28. The third-order valence-electron chi connectivity index (χ3n) is 6.17. The van der Waals surface area contributed by atoms with Crippen LogP contribution in [0.3, 0.4) is 0 Å². The molecule has 4 heterocycles. The van der Waals surface area contributed by atoms with E-state index in [-0.39, 0.29) is 5.97 Å². The first-order chi connectivity index (χ1) is 13.9. The molecule has 5 rings (SSSR count). The summed E-state index contributed by atoms with van der Waals surface area (Å²) < 4.78 is 7.87. The average Bonchev–Trinajstić information content (AvgIpc) is 3.14. The molecule has 0 spiro atoms. The number of hydrogen-bond donors (Lipinski definition) is 1. The summed E-state index contributed by atoms with van der Waals surface area (Å²) in [5, 5.41) is 3.37. The molecule has 0 bridgehead atoms. The molecule has 0 aliphatic carbocycles. The molecule has 0 radical (unpaired) electrons. The lowest BCUT2D eigenvalue weighted by Gasteiger charge is -2.33. The maximum atomic E-state index is 13.1. The fraction of sp³-hybridized carbons (Fsp3) is 0.391. The predicted octanol–water partition coefficient (Wildman–Crippen LogP) is 2.78. The van der Waals surface area contributed by atoms with Crippen molar-refractivity contribution in [1.82, 2.24) is 14.7 Å². The van der Waals surface area contributed by atoms with Crippen LogP contribution in [-0.4, -0.2) is 41.5 Å². The number of carbonyl (C=O) groups is 1. The minimum Gasteiger partial charge on any atom is -0.425 e. The number of pyridine rings is 1. The molecule has 3 aromatic rings. The van der Waals surface area contributed by atoms with E-state index in [1.165, 1.54) is 5.56 Å². The van der Waals surface area contributed by atoms with Gasteiger partial charge in [0.05, 0.1) is 5.69 Å². The first-order valence-electron chi connectivity index (χ1n) is 10.2. The van der Waals surface area contributed by atoms with Gasteiger partial charge in [0.2, 0.25) is 0 Å². The summed E-state index contributed by atoms with van der Waals surface area (Å²) in [4.78, 5) is 20.2. The number of ether oxygens (including phenoxy) is 1. The summed E-state index contributed by atoms with van der Waals surface area (Å²) >= 11 is 0. The first kappa shape index (κ1) is 18.2. The van der Waals surface area contributed by atoms with E-state index >= 15 is 0 Å². The number of carbonyl (C=O) groups excluding carboxylic acids is 1. The normalized spacial score (nSPS) is 21.9. The summed E-state index contributed by atoms with van der Waals surface area (Å²) in [6.07, 6.45) is 4.60. The van der Waals surface area contributed by atoms with Crippen molar-refractivity contribution < 1.29 is 9.53 Å². The molecule has 1 N–H and O–H groups in total. The average molecular weight is 390 g/mol. The molecule has 6 heteroatoms. The maximum Gasteiger partial charge on any atom is 0.323 e. The molecule has 6 nitrogen and oxygen atoms in total. The lowest BCUT2D eigenvalue weighted by Crippen LogP contribution is -2.44. The Morgan fingerprint density at radius 2 is 1.93 bits per heavy atom. The maximum absolute atomic E-state index is 13.1. The van der Waals surface area contributed by atoms with Crippen LogP contribution >= 0.6 is 0 Å². The van der Waals surface area contributed by atoms with Crippen molar-refractivity contribution in [3.8, 4) is 5.75 Å². The fourth-order valence-corrected chi connectivity index (χ4v) is 4.48. The number of fused-ring (bicyclic) bond motifs is 2. The second kappa shape index (κ2) is 6.59. The number of imidazole rings is 1. The second-order valence-corrected chi connectivity index (χ2v) is 8.48. The van der Waals surface area contributed by atoms with E-state index < -0.39 is 5.41 Å². The van der Waals surface area contributed by atoms with Crippen LogP contribution in [0.4, 0.5) is 5.69 Å². The smallest absolute Gasteiger partial charge is 0.323 e. The molecule has 0 saturated carbocycles. The molecule has 150 valence electrons. The van der Waals surface area contributed by atoms with Gasteiger partial charge in [-0.15, -0.1) is 0 Å². The van der Waals surface area contributed by atoms with E-state index in [1.807, 2.05) is 36.7 Å². The van der Waals surface area contributed by atoms with E-state index in [4.69, 9.17) is 9.72 Å². The molecule has 1 unspecified atom stereocenters. The third-order valence-corrected chi connectivity index (χ3v) is 6.17. The van der Waals surface area contributed by atoms with Gasteiger partial charge in [-0.25, -0.2) is 4.98 Å². The molecule has 2 aromatic heterocycles. The van der Waals surface area contributed by atoms with Crippen molar-refractivity contribution in [2.75, 3.05) is 31.1 Å². The van der Waals surface area contributed by atoms with Crippen LogP contribution in [0.5, 0.6) is 5.75 Å². The van der Waals surface area contributed by atoms with Crippen LogP contribution in [-0.2, 0) is 16.6 Å². The van der Waals surface area contributed by atoms with Crippen molar-refractivity contribution in [2.24, 2.45) is 0 Å². The highest BCUT2D eigenvalue weighted by atomic mass is 16.5. The predicted molar refractivity (Wildman–Crippen MR) is 113 cm³/mol. The van der Waals surface area contributed by atoms with Gasteiger partial charge in [0.1, 0.15) is 16.8 Å². The molecule has 1 aromatic carbocycles. The molecule has 29 heavy (non-hydrogen) atoms. The minimum atomic E-state index is -0.796. The van der Waals surface area contributed by atoms with Gasteiger partial charge < -0.3 is 19.4 Å². The van der Waals surface area contributed by atoms with Gasteiger partial charge in [-0.3, -0.25) is 4.79 Å². The lowest BCUT2D eigenvalue weighted by molar-refractivity contribution is -0.141. The number of esters is 1. The standard InChI is InChI=1S/C23H26N4O2/c1-15-10-16(2)21-25-20(14-27(21)13-15)23(3)12-17-4-5-18(11-19(17)29-22(23)28)26-8-6-24-7-9-26/h4-5,10-11,13-14,24H,6-9,12H2,1-3H3. The largest absolute Gasteiger partial charge is 0.425 e. The van der Waals surface area contributed by atoms with Gasteiger partial charge >= 0.3 is 5.97 Å². The second-order valence-electron chi connectivity index (χ2n) is 8.48. The Morgan fingerprint density at radius 3 is 2.72 bits per heavy atom. The first-order valence-corrected chi connectivity index (χ1v) is 10.2. The quantitative estimate of drug-likeness (QED) is 0.539. The van der Waals surface area contributed by atoms with Crippen molar-refractivity contribution >= 4 is 17.3 Å². The molecule has 1 saturated heterocycles. The minimum absolute atomic E-state index is 0.236. The SMILES string of the molecule is Cc1cc(C)c2nc(C3(C)Cc4ccc(N5CCNCC5)cc4OC3=O)cn2c1. The third kappa shape index (κ3) is 2.99. The number of piperazine rings is 1. The van der Waals surface area contributed by atoms with E-state index in [0.717, 1.165) is 54.3 Å². The lowest BCUT2D eigenvalue weighted by atomic mass is 9.79. The zero-order valence-corrected chi connectivity index (χ0v) is 17.2. The Hall–Kier alpha value is -2.86. The summed E-state index contributed by atoms with van der Waals surface area (Å²) in [5.74, 6) is 0.444. The van der Waals surface area contributed by atoms with Crippen molar-refractivity contribution in [2.45, 2.75) is 32.6 Å². The number of benzene rings is 1. The number of aromatic nitrogens is 2. The number of hydrogen-bond acceptors (Lipinski definition) is 5. The van der Waals surface area contributed by atoms with Crippen LogP contribution in [0.2, 0.25) is 0 Å². The van der Waals surface area contributed by atoms with Gasteiger partial charge in [0.25, 0.3) is 0 Å². The topological polar surface area (TPSA) is 58.9 Å². The summed E-state index contributed by atoms with van der Waals surface area (Å²) in [6, 6.07) is 8.36. The molecule has 1 atom stereocenters. The molecular weight excluding hydrogens is 364 g/mol. The van der Waals surface area contributed by atoms with E-state index in [2.05, 4.69) is 35.3 Å². The van der Waals surface area contributed by atoms with Crippen LogP contribution in [0.15, 0.2) is 36.7 Å². The van der Waals surface area contributed by atoms with Crippen LogP contribution < -0.4 is 15.0 Å². The van der Waals surface area contributed by atoms with Crippen LogP contribution in [0.25, 0.3) is 5.65 Å². The number of nitrogens with one attached hydrogen (secondary N) is 1. The van der Waals surface area contributed by atoms with Crippen LogP contribution in [0.1, 0.15) is 29.3 Å². The molecule has 0 amide bonds. The van der Waals surface area contributed by atoms with Gasteiger partial charge in [-0.1, -0.05) is 12.1 Å². The Balaban J connectivity index is 1.50. The number of anilines is 1. The van der Waals surface area contributed by atoms with Gasteiger partial charge in [-0.2, -0.15) is 0 Å². The zero-order valence-electron chi connectivity index (χ0n) is 17.2. The summed E-state index contributed by atoms with van der Waals surface area (Å²) in [6.45, 7) is 9.92. The van der Waals surface area contributed by atoms with Crippen LogP contribution in [0, 0.1) is 13.8 Å². The van der Waals surface area contributed by atoms with Crippen molar-refractivity contribution in [3.05, 3.63) is 59.0 Å². The fourth-order valence-electron chi connectivity index (χ4n) is 4.48. The van der Waals surface area contributed by atoms with E-state index in [9.17, 15) is 4.79 Å². The Kier molecular flexibility index (Phi) is 4.13. The monoisotopic (exact) mass is 390 g/mol. The summed E-state index contributed by atoms with van der Waals surface area (Å²) in [7, 11) is 0. The Bertz CT molecular complexity index is 1110. The van der Waals surface area contributed by atoms with Gasteiger partial charge in [0, 0.05) is 50.3 Å². The highest BCUT2D eigenvalue weighted by Gasteiger charge is 2.44. The highest BCUT2D eigenvalue weighted by molar-refractivity contribution is 5.87. The number of rotatable bonds is 2. The molecular formula is C23H26N4O2. The number of aryl methyl sites for hydroxylation is 2. The molecule has 2 aliphatic rings. The number of nitrogens with zero attached hydrogens (tertiary/aromatic N) is 3. The van der Waals surface area contributed by atoms with Crippen molar-refractivity contribution in [3.63, 3.8) is 0 Å². The molecule has 1 fully saturated rings. The highest BCUT2D eigenvalue weighted by Crippen LogP contribution is 2.39. The van der Waals surface area contributed by atoms with Gasteiger partial charge in [0.15, 0.2) is 0 Å². The van der Waals surface area contributed by atoms with E-state index in [1.54, 1.807) is 0 Å². The molecule has 2 aliphatic heterocycles.